The van der Waals surface area contributed by atoms with Gasteiger partial charge in [0.15, 0.2) is 0 Å². The summed E-state index contributed by atoms with van der Waals surface area (Å²) in [6.07, 6.45) is -0.0566. The Hall–Kier alpha value is -0.940. The molecule has 0 aliphatic carbocycles. The van der Waals surface area contributed by atoms with Crippen LogP contribution in [0.5, 0.6) is 0 Å². The van der Waals surface area contributed by atoms with Crippen molar-refractivity contribution in [1.82, 2.24) is 4.90 Å². The van der Waals surface area contributed by atoms with Gasteiger partial charge in [0.2, 0.25) is 0 Å². The molecule has 4 nitrogen and oxygen atoms in total. The van der Waals surface area contributed by atoms with E-state index in [4.69, 9.17) is 10.5 Å². The van der Waals surface area contributed by atoms with Gasteiger partial charge in [-0.05, 0) is 18.1 Å². The molecule has 1 saturated heterocycles. The summed E-state index contributed by atoms with van der Waals surface area (Å²) in [5, 5.41) is 9.18. The van der Waals surface area contributed by atoms with Crippen molar-refractivity contribution in [2.75, 3.05) is 19.8 Å². The van der Waals surface area contributed by atoms with E-state index in [1.54, 1.807) is 0 Å². The van der Waals surface area contributed by atoms with Crippen molar-refractivity contribution in [1.29, 1.82) is 0 Å². The van der Waals surface area contributed by atoms with Gasteiger partial charge in [-0.2, -0.15) is 0 Å². The van der Waals surface area contributed by atoms with Crippen LogP contribution in [0.1, 0.15) is 18.1 Å². The highest BCUT2D eigenvalue weighted by molar-refractivity contribution is 5.23. The minimum Gasteiger partial charge on any atom is -0.394 e. The van der Waals surface area contributed by atoms with E-state index in [0.717, 1.165) is 18.7 Å². The molecule has 1 aliphatic rings. The summed E-state index contributed by atoms with van der Waals surface area (Å²) in [5.41, 5.74) is 8.08. The third-order valence-corrected chi connectivity index (χ3v) is 3.45. The van der Waals surface area contributed by atoms with Gasteiger partial charge in [0, 0.05) is 25.7 Å². The maximum atomic E-state index is 9.18. The summed E-state index contributed by atoms with van der Waals surface area (Å²) >= 11 is 0. The molecule has 1 fully saturated rings. The fourth-order valence-corrected chi connectivity index (χ4v) is 2.30. The van der Waals surface area contributed by atoms with Crippen LogP contribution < -0.4 is 5.73 Å². The number of nitrogens with zero attached hydrogens (tertiary/aromatic N) is 1. The average molecular weight is 250 g/mol. The van der Waals surface area contributed by atoms with E-state index in [0.29, 0.717) is 19.2 Å². The molecule has 2 rings (SSSR count). The topological polar surface area (TPSA) is 58.7 Å². The lowest BCUT2D eigenvalue weighted by Gasteiger charge is -2.37. The fourth-order valence-electron chi connectivity index (χ4n) is 2.30. The van der Waals surface area contributed by atoms with E-state index in [-0.39, 0.29) is 12.7 Å². The second-order valence-corrected chi connectivity index (χ2v) is 4.94. The lowest BCUT2D eigenvalue weighted by atomic mass is 10.1. The van der Waals surface area contributed by atoms with Crippen LogP contribution in [-0.2, 0) is 17.8 Å². The van der Waals surface area contributed by atoms with Crippen LogP contribution in [-0.4, -0.2) is 41.9 Å². The third-order valence-electron chi connectivity index (χ3n) is 3.45. The van der Waals surface area contributed by atoms with Crippen LogP contribution in [0.15, 0.2) is 24.3 Å². The highest BCUT2D eigenvalue weighted by Crippen LogP contribution is 2.16. The molecule has 4 heteroatoms. The van der Waals surface area contributed by atoms with E-state index in [1.165, 1.54) is 5.56 Å². The number of benzene rings is 1. The Labute approximate surface area is 108 Å². The first kappa shape index (κ1) is 13.5. The predicted octanol–water partition coefficient (Wildman–Crippen LogP) is 0.727. The van der Waals surface area contributed by atoms with Crippen molar-refractivity contribution in [3.63, 3.8) is 0 Å². The Morgan fingerprint density at radius 2 is 2.22 bits per heavy atom. The summed E-state index contributed by atoms with van der Waals surface area (Å²) in [4.78, 5) is 2.35. The largest absolute Gasteiger partial charge is 0.394 e. The van der Waals surface area contributed by atoms with Gasteiger partial charge in [0.05, 0.1) is 19.3 Å². The highest BCUT2D eigenvalue weighted by atomic mass is 16.5. The Morgan fingerprint density at radius 3 is 2.94 bits per heavy atom. The number of rotatable bonds is 4. The zero-order valence-electron chi connectivity index (χ0n) is 10.9. The number of aliphatic hydroxyl groups excluding tert-OH is 1. The van der Waals surface area contributed by atoms with Crippen LogP contribution in [0.3, 0.4) is 0 Å². The van der Waals surface area contributed by atoms with Crippen molar-refractivity contribution < 1.29 is 9.84 Å². The summed E-state index contributed by atoms with van der Waals surface area (Å²) in [6.45, 7) is 5.17. The van der Waals surface area contributed by atoms with E-state index in [9.17, 15) is 5.11 Å². The maximum absolute atomic E-state index is 9.18. The minimum absolute atomic E-state index is 0.0566. The number of nitrogens with two attached hydrogens (primary N) is 1. The van der Waals surface area contributed by atoms with Gasteiger partial charge in [-0.15, -0.1) is 0 Å². The Bertz CT molecular complexity index is 384. The number of morpholine rings is 1. The zero-order chi connectivity index (χ0) is 13.0. The second-order valence-electron chi connectivity index (χ2n) is 4.94. The molecule has 2 unspecified atom stereocenters. The Morgan fingerprint density at radius 1 is 1.44 bits per heavy atom. The van der Waals surface area contributed by atoms with Gasteiger partial charge in [0.1, 0.15) is 0 Å². The molecule has 100 valence electrons. The molecule has 3 N–H and O–H groups in total. The SMILES string of the molecule is CC1COC(CO)CN1Cc1cccc(CN)c1. The highest BCUT2D eigenvalue weighted by Gasteiger charge is 2.25. The number of hydrogen-bond donors (Lipinski definition) is 2. The Kier molecular flexibility index (Phi) is 4.72. The molecule has 0 saturated carbocycles. The van der Waals surface area contributed by atoms with Gasteiger partial charge >= 0.3 is 0 Å². The van der Waals surface area contributed by atoms with Crippen LogP contribution in [0.25, 0.3) is 0 Å². The standard InChI is InChI=1S/C14H22N2O2/c1-11-10-18-14(9-17)8-16(11)7-13-4-2-3-12(5-13)6-15/h2-5,11,14,17H,6-10,15H2,1H3. The molecule has 1 aromatic rings. The quantitative estimate of drug-likeness (QED) is 0.827. The van der Waals surface area contributed by atoms with Gasteiger partial charge in [-0.3, -0.25) is 4.90 Å². The average Bonchev–Trinajstić information content (AvgIpc) is 2.41. The number of hydrogen-bond acceptors (Lipinski definition) is 4. The normalized spacial score (nSPS) is 25.3. The molecule has 0 bridgehead atoms. The van der Waals surface area contributed by atoms with Crippen molar-refractivity contribution >= 4 is 0 Å². The number of ether oxygens (including phenoxy) is 1. The monoisotopic (exact) mass is 250 g/mol. The first-order chi connectivity index (χ1) is 8.72. The predicted molar refractivity (Wildman–Crippen MR) is 71.0 cm³/mol. The van der Waals surface area contributed by atoms with Crippen LogP contribution in [0.4, 0.5) is 0 Å². The molecule has 0 radical (unpaired) electrons. The summed E-state index contributed by atoms with van der Waals surface area (Å²) in [7, 11) is 0. The van der Waals surface area contributed by atoms with Crippen LogP contribution in [0, 0.1) is 0 Å². The molecule has 2 atom stereocenters. The molecule has 0 amide bonds. The van der Waals surface area contributed by atoms with Gasteiger partial charge in [-0.1, -0.05) is 24.3 Å². The zero-order valence-corrected chi connectivity index (χ0v) is 10.9. The first-order valence-electron chi connectivity index (χ1n) is 6.47. The van der Waals surface area contributed by atoms with Crippen LogP contribution in [0.2, 0.25) is 0 Å². The van der Waals surface area contributed by atoms with E-state index in [1.807, 2.05) is 12.1 Å². The first-order valence-corrected chi connectivity index (χ1v) is 6.47. The Balaban J connectivity index is 2.02. The van der Waals surface area contributed by atoms with Gasteiger partial charge in [-0.25, -0.2) is 0 Å². The summed E-state index contributed by atoms with van der Waals surface area (Å²) in [5.74, 6) is 0. The summed E-state index contributed by atoms with van der Waals surface area (Å²) < 4.78 is 5.54. The van der Waals surface area contributed by atoms with Crippen molar-refractivity contribution in [2.24, 2.45) is 5.73 Å². The molecule has 1 heterocycles. The smallest absolute Gasteiger partial charge is 0.0933 e. The molecule has 1 aliphatic heterocycles. The van der Waals surface area contributed by atoms with Crippen molar-refractivity contribution in [3.05, 3.63) is 35.4 Å². The summed E-state index contributed by atoms with van der Waals surface area (Å²) in [6, 6.07) is 8.75. The van der Waals surface area contributed by atoms with Gasteiger partial charge < -0.3 is 15.6 Å². The molecule has 18 heavy (non-hydrogen) atoms. The van der Waals surface area contributed by atoms with E-state index >= 15 is 0 Å². The van der Waals surface area contributed by atoms with Crippen molar-refractivity contribution in [2.45, 2.75) is 32.2 Å². The minimum atomic E-state index is -0.0566. The van der Waals surface area contributed by atoms with Crippen LogP contribution >= 0.6 is 0 Å². The molecular formula is C14H22N2O2. The lowest BCUT2D eigenvalue weighted by molar-refractivity contribution is -0.0805. The molecule has 0 aromatic heterocycles. The molecule has 0 spiro atoms. The fraction of sp³-hybridized carbons (Fsp3) is 0.571. The number of aliphatic hydroxyl groups is 1. The lowest BCUT2D eigenvalue weighted by Crippen LogP contribution is -2.48. The van der Waals surface area contributed by atoms with E-state index in [2.05, 4.69) is 24.0 Å². The maximum Gasteiger partial charge on any atom is 0.0933 e. The second kappa shape index (κ2) is 6.29. The third kappa shape index (κ3) is 3.29. The van der Waals surface area contributed by atoms with E-state index < -0.39 is 0 Å². The van der Waals surface area contributed by atoms with Gasteiger partial charge in [0.25, 0.3) is 0 Å². The molecule has 1 aromatic carbocycles. The van der Waals surface area contributed by atoms with Crippen molar-refractivity contribution in [3.8, 4) is 0 Å². The molecular weight excluding hydrogens is 228 g/mol.